The van der Waals surface area contributed by atoms with Crippen LogP contribution in [0.3, 0.4) is 0 Å². The predicted octanol–water partition coefficient (Wildman–Crippen LogP) is 5.08. The Kier molecular flexibility index (Phi) is 8.12. The Morgan fingerprint density at radius 3 is 2.16 bits per heavy atom. The molecule has 0 aromatic heterocycles. The highest BCUT2D eigenvalue weighted by atomic mass is 32.1. The molecule has 0 radical (unpaired) electrons. The number of carboxylic acids is 1. The molecule has 5 nitrogen and oxygen atoms in total. The van der Waals surface area contributed by atoms with Gasteiger partial charge in [0.25, 0.3) is 0 Å². The number of thiol groups is 1. The van der Waals surface area contributed by atoms with E-state index in [9.17, 15) is 14.7 Å². The van der Waals surface area contributed by atoms with Gasteiger partial charge in [0, 0.05) is 11.7 Å². The maximum atomic E-state index is 13.4. The third kappa shape index (κ3) is 6.36. The summed E-state index contributed by atoms with van der Waals surface area (Å²) in [6.45, 7) is -0.455. The molecule has 1 amide bonds. The Bertz CT molecular complexity index is 995. The van der Waals surface area contributed by atoms with Crippen molar-refractivity contribution in [1.82, 2.24) is 0 Å². The van der Waals surface area contributed by atoms with Gasteiger partial charge in [0.1, 0.15) is 12.3 Å². The Hall–Kier alpha value is -3.25. The van der Waals surface area contributed by atoms with Crippen molar-refractivity contribution >= 4 is 30.2 Å². The molecule has 1 atom stereocenters. The van der Waals surface area contributed by atoms with Crippen molar-refractivity contribution in [3.63, 3.8) is 0 Å². The summed E-state index contributed by atoms with van der Waals surface area (Å²) in [5, 5.41) is 9.48. The second-order valence-electron chi connectivity index (χ2n) is 7.10. The van der Waals surface area contributed by atoms with Crippen LogP contribution in [0.2, 0.25) is 0 Å². The number of hydrogen-bond donors (Lipinski definition) is 2. The number of amides is 1. The molecular weight excluding hydrogens is 410 g/mol. The number of nitrogens with zero attached hydrogens (tertiary/aromatic N) is 1. The number of rotatable bonds is 10. The third-order valence-electron chi connectivity index (χ3n) is 4.88. The van der Waals surface area contributed by atoms with E-state index in [0.29, 0.717) is 35.8 Å². The molecule has 3 aromatic carbocycles. The van der Waals surface area contributed by atoms with E-state index >= 15 is 0 Å². The van der Waals surface area contributed by atoms with Gasteiger partial charge in [-0.2, -0.15) is 12.6 Å². The molecule has 0 aliphatic carbocycles. The van der Waals surface area contributed by atoms with Crippen LogP contribution in [-0.2, 0) is 16.0 Å². The molecule has 0 aliphatic heterocycles. The van der Waals surface area contributed by atoms with E-state index in [0.717, 1.165) is 5.56 Å². The lowest BCUT2D eigenvalue weighted by Crippen LogP contribution is -2.40. The summed E-state index contributed by atoms with van der Waals surface area (Å²) >= 11 is 4.38. The van der Waals surface area contributed by atoms with E-state index in [4.69, 9.17) is 4.74 Å². The van der Waals surface area contributed by atoms with Crippen LogP contribution in [0.1, 0.15) is 12.0 Å². The zero-order valence-corrected chi connectivity index (χ0v) is 17.9. The molecule has 0 aliphatic rings. The highest BCUT2D eigenvalue weighted by Gasteiger charge is 2.28. The number of anilines is 1. The fraction of sp³-hybridized carbons (Fsp3) is 0.200. The summed E-state index contributed by atoms with van der Waals surface area (Å²) in [5.41, 5.74) is 1.55. The monoisotopic (exact) mass is 435 g/mol. The minimum Gasteiger partial charge on any atom is -0.480 e. The van der Waals surface area contributed by atoms with Crippen LogP contribution >= 0.6 is 12.6 Å². The van der Waals surface area contributed by atoms with Gasteiger partial charge in [-0.15, -0.1) is 0 Å². The van der Waals surface area contributed by atoms with E-state index in [1.165, 1.54) is 4.90 Å². The van der Waals surface area contributed by atoms with E-state index in [-0.39, 0.29) is 5.91 Å². The zero-order chi connectivity index (χ0) is 22.1. The molecule has 3 aromatic rings. The van der Waals surface area contributed by atoms with E-state index in [1.54, 1.807) is 36.4 Å². The van der Waals surface area contributed by atoms with Crippen LogP contribution in [0.25, 0.3) is 0 Å². The lowest BCUT2D eigenvalue weighted by atomic mass is 9.99. The first kappa shape index (κ1) is 22.4. The number of para-hydroxylation sites is 3. The van der Waals surface area contributed by atoms with Gasteiger partial charge in [-0.3, -0.25) is 14.5 Å². The van der Waals surface area contributed by atoms with Crippen molar-refractivity contribution in [1.29, 1.82) is 0 Å². The Balaban J connectivity index is 1.85. The van der Waals surface area contributed by atoms with Crippen LogP contribution in [0, 0.1) is 5.92 Å². The van der Waals surface area contributed by atoms with Crippen molar-refractivity contribution in [3.05, 3.63) is 90.5 Å². The van der Waals surface area contributed by atoms with Gasteiger partial charge in [-0.1, -0.05) is 60.7 Å². The second kappa shape index (κ2) is 11.2. The number of aryl methyl sites for hydroxylation is 1. The van der Waals surface area contributed by atoms with Gasteiger partial charge in [0.05, 0.1) is 5.69 Å². The number of carbonyl (C=O) groups is 2. The Morgan fingerprint density at radius 1 is 0.903 bits per heavy atom. The molecule has 0 fully saturated rings. The SMILES string of the molecule is O=C(O)CN(C(=O)C(CS)CCc1ccccc1)c1ccccc1Oc1ccccc1. The first-order chi connectivity index (χ1) is 15.1. The Morgan fingerprint density at radius 2 is 1.52 bits per heavy atom. The lowest BCUT2D eigenvalue weighted by molar-refractivity contribution is -0.137. The van der Waals surface area contributed by atoms with Gasteiger partial charge in [0.15, 0.2) is 5.75 Å². The summed E-state index contributed by atoms with van der Waals surface area (Å²) in [6, 6.07) is 26.0. The zero-order valence-electron chi connectivity index (χ0n) is 17.1. The quantitative estimate of drug-likeness (QED) is 0.436. The van der Waals surface area contributed by atoms with Crippen molar-refractivity contribution in [2.75, 3.05) is 17.2 Å². The summed E-state index contributed by atoms with van der Waals surface area (Å²) < 4.78 is 5.96. The lowest BCUT2D eigenvalue weighted by Gasteiger charge is -2.27. The summed E-state index contributed by atoms with van der Waals surface area (Å²) in [7, 11) is 0. The van der Waals surface area contributed by atoms with Crippen LogP contribution in [-0.4, -0.2) is 29.3 Å². The Labute approximate surface area is 187 Å². The fourth-order valence-electron chi connectivity index (χ4n) is 3.30. The minimum atomic E-state index is -1.09. The maximum absolute atomic E-state index is 13.4. The van der Waals surface area contributed by atoms with Crippen LogP contribution in [0.15, 0.2) is 84.9 Å². The van der Waals surface area contributed by atoms with Crippen LogP contribution < -0.4 is 9.64 Å². The largest absolute Gasteiger partial charge is 0.480 e. The predicted molar refractivity (Wildman–Crippen MR) is 125 cm³/mol. The van der Waals surface area contributed by atoms with Gasteiger partial charge in [-0.05, 0) is 42.7 Å². The molecule has 6 heteroatoms. The number of benzene rings is 3. The van der Waals surface area contributed by atoms with E-state index in [2.05, 4.69) is 12.6 Å². The van der Waals surface area contributed by atoms with Crippen molar-refractivity contribution in [2.45, 2.75) is 12.8 Å². The molecule has 31 heavy (non-hydrogen) atoms. The summed E-state index contributed by atoms with van der Waals surface area (Å²) in [5.74, 6) is -0.450. The highest BCUT2D eigenvalue weighted by molar-refractivity contribution is 7.80. The number of carboxylic acid groups (broad SMARTS) is 1. The first-order valence-electron chi connectivity index (χ1n) is 10.1. The van der Waals surface area contributed by atoms with Crippen molar-refractivity contribution in [2.24, 2.45) is 5.92 Å². The van der Waals surface area contributed by atoms with Crippen LogP contribution in [0.4, 0.5) is 5.69 Å². The average Bonchev–Trinajstić information content (AvgIpc) is 2.79. The second-order valence-corrected chi connectivity index (χ2v) is 7.47. The highest BCUT2D eigenvalue weighted by Crippen LogP contribution is 2.33. The van der Waals surface area contributed by atoms with Gasteiger partial charge in [0.2, 0.25) is 5.91 Å². The first-order valence-corrected chi connectivity index (χ1v) is 10.7. The summed E-state index contributed by atoms with van der Waals surface area (Å²) in [6.07, 6.45) is 1.28. The topological polar surface area (TPSA) is 66.8 Å². The van der Waals surface area contributed by atoms with E-state index in [1.807, 2.05) is 48.5 Å². The normalized spacial score (nSPS) is 11.5. The molecule has 0 heterocycles. The summed E-state index contributed by atoms with van der Waals surface area (Å²) in [4.78, 5) is 26.3. The third-order valence-corrected chi connectivity index (χ3v) is 5.32. The molecular formula is C25H25NO4S. The molecule has 0 saturated heterocycles. The smallest absolute Gasteiger partial charge is 0.323 e. The molecule has 3 rings (SSSR count). The average molecular weight is 436 g/mol. The molecule has 1 unspecified atom stereocenters. The minimum absolute atomic E-state index is 0.280. The van der Waals surface area contributed by atoms with Gasteiger partial charge >= 0.3 is 5.97 Å². The molecule has 1 N–H and O–H groups in total. The van der Waals surface area contributed by atoms with E-state index < -0.39 is 18.4 Å². The molecule has 0 spiro atoms. The molecule has 0 saturated carbocycles. The number of ether oxygens (including phenoxy) is 1. The van der Waals surface area contributed by atoms with Crippen molar-refractivity contribution in [3.8, 4) is 11.5 Å². The fourth-order valence-corrected chi connectivity index (χ4v) is 3.64. The number of aliphatic carboxylic acids is 1. The van der Waals surface area contributed by atoms with Crippen molar-refractivity contribution < 1.29 is 19.4 Å². The van der Waals surface area contributed by atoms with Gasteiger partial charge in [-0.25, -0.2) is 0 Å². The standard InChI is InChI=1S/C25H25NO4S/c27-24(28)17-26(25(29)20(18-31)16-15-19-9-3-1-4-10-19)22-13-7-8-14-23(22)30-21-11-5-2-6-12-21/h1-14,20,31H,15-18H2,(H,27,28). The van der Waals surface area contributed by atoms with Crippen LogP contribution in [0.5, 0.6) is 11.5 Å². The number of hydrogen-bond acceptors (Lipinski definition) is 4. The molecule has 160 valence electrons. The van der Waals surface area contributed by atoms with Gasteiger partial charge < -0.3 is 9.84 Å². The maximum Gasteiger partial charge on any atom is 0.323 e. The number of carbonyl (C=O) groups excluding carboxylic acids is 1. The molecule has 0 bridgehead atoms.